The van der Waals surface area contributed by atoms with E-state index in [4.69, 9.17) is 9.47 Å². The monoisotopic (exact) mass is 882 g/mol. The first-order chi connectivity index (χ1) is 30.7. The summed E-state index contributed by atoms with van der Waals surface area (Å²) in [6.07, 6.45) is 12.6. The fourth-order valence-electron chi connectivity index (χ4n) is 10.3. The van der Waals surface area contributed by atoms with Crippen LogP contribution in [0.15, 0.2) is 46.9 Å². The van der Waals surface area contributed by atoms with E-state index in [1.165, 1.54) is 21.6 Å². The van der Waals surface area contributed by atoms with Crippen molar-refractivity contribution in [3.63, 3.8) is 0 Å². The summed E-state index contributed by atoms with van der Waals surface area (Å²) >= 11 is 3.28. The van der Waals surface area contributed by atoms with Gasteiger partial charge < -0.3 is 30.1 Å². The number of nitrogens with zero attached hydrogens (tertiary/aromatic N) is 8. The third-order valence-electron chi connectivity index (χ3n) is 13.6. The van der Waals surface area contributed by atoms with Crippen molar-refractivity contribution in [3.8, 4) is 11.5 Å². The number of likely N-dealkylation sites (N-methyl/N-ethyl adjacent to an activating group) is 1. The van der Waals surface area contributed by atoms with Crippen molar-refractivity contribution in [1.29, 1.82) is 0 Å². The van der Waals surface area contributed by atoms with Crippen molar-refractivity contribution in [1.82, 2.24) is 29.7 Å². The molecule has 0 spiro atoms. The molecule has 322 valence electrons. The Morgan fingerprint density at radius 1 is 0.730 bits per heavy atom. The van der Waals surface area contributed by atoms with E-state index >= 15 is 0 Å². The molecule has 12 rings (SSSR count). The zero-order chi connectivity index (χ0) is 42.9. The fraction of sp³-hybridized carbons (Fsp3) is 0.391. The Kier molecular flexibility index (Phi) is 10.1. The van der Waals surface area contributed by atoms with E-state index < -0.39 is 5.97 Å². The number of fused-ring (bicyclic) bond motifs is 10. The lowest BCUT2D eigenvalue weighted by Gasteiger charge is -2.35. The zero-order valence-corrected chi connectivity index (χ0v) is 36.8. The Bertz CT molecular complexity index is 2910. The molecule has 2 bridgehead atoms. The first-order valence-electron chi connectivity index (χ1n) is 21.4. The van der Waals surface area contributed by atoms with E-state index in [-0.39, 0.29) is 11.8 Å². The van der Waals surface area contributed by atoms with Gasteiger partial charge in [-0.05, 0) is 110 Å². The molecule has 4 aliphatic heterocycles. The van der Waals surface area contributed by atoms with Crippen LogP contribution in [0.5, 0.6) is 11.5 Å². The number of carbonyl (C=O) groups is 2. The lowest BCUT2D eigenvalue weighted by molar-refractivity contribution is -0.142. The Balaban J connectivity index is 0.000000145. The molecule has 15 nitrogen and oxygen atoms in total. The van der Waals surface area contributed by atoms with Crippen molar-refractivity contribution < 1.29 is 24.2 Å². The van der Waals surface area contributed by atoms with Gasteiger partial charge in [0.2, 0.25) is 5.91 Å². The second kappa shape index (κ2) is 15.9. The van der Waals surface area contributed by atoms with Gasteiger partial charge in [0.15, 0.2) is 0 Å². The number of aliphatic imine (C=N–C) groups is 2. The summed E-state index contributed by atoms with van der Waals surface area (Å²) in [5.41, 5.74) is 8.65. The highest BCUT2D eigenvalue weighted by Gasteiger charge is 2.45. The van der Waals surface area contributed by atoms with Crippen LogP contribution in [0.4, 0.5) is 23.0 Å². The minimum absolute atomic E-state index is 0.0701. The largest absolute Gasteiger partial charge is 0.495 e. The molecular formula is C46H46N10O5S2. The zero-order valence-electron chi connectivity index (χ0n) is 35.2. The maximum absolute atomic E-state index is 13.4. The number of amides is 1. The predicted octanol–water partition coefficient (Wildman–Crippen LogP) is 6.96. The molecule has 2 saturated heterocycles. The van der Waals surface area contributed by atoms with Crippen molar-refractivity contribution in [2.75, 3.05) is 45.0 Å². The van der Waals surface area contributed by atoms with Gasteiger partial charge in [-0.2, -0.15) is 0 Å². The molecule has 1 amide bonds. The third kappa shape index (κ3) is 7.06. The topological polar surface area (TPSA) is 180 Å². The van der Waals surface area contributed by atoms with Crippen LogP contribution in [0.1, 0.15) is 62.4 Å². The highest BCUT2D eigenvalue weighted by atomic mass is 32.1. The van der Waals surface area contributed by atoms with Gasteiger partial charge >= 0.3 is 5.97 Å². The van der Waals surface area contributed by atoms with E-state index in [1.54, 1.807) is 49.5 Å². The number of carboxylic acids is 1. The van der Waals surface area contributed by atoms with Crippen molar-refractivity contribution in [2.24, 2.45) is 21.8 Å². The lowest BCUT2D eigenvalue weighted by atomic mass is 9.86. The summed E-state index contributed by atoms with van der Waals surface area (Å²) in [4.78, 5) is 60.5. The summed E-state index contributed by atoms with van der Waals surface area (Å²) in [6.45, 7) is 3.27. The number of hydrogen-bond donors (Lipinski definition) is 3. The van der Waals surface area contributed by atoms with Gasteiger partial charge in [0.1, 0.15) is 45.5 Å². The number of hydrogen-bond acceptors (Lipinski definition) is 15. The number of aromatic nitrogens is 4. The molecule has 0 radical (unpaired) electrons. The molecule has 2 aliphatic carbocycles. The van der Waals surface area contributed by atoms with Gasteiger partial charge in [0.05, 0.1) is 55.4 Å². The maximum atomic E-state index is 13.4. The van der Waals surface area contributed by atoms with E-state index in [2.05, 4.69) is 63.5 Å². The van der Waals surface area contributed by atoms with Gasteiger partial charge in [0.25, 0.3) is 0 Å². The minimum atomic E-state index is -0.725. The molecule has 6 aromatic rings. The number of carbonyl (C=O) groups excluding carboxylic acids is 1. The van der Waals surface area contributed by atoms with E-state index in [9.17, 15) is 14.7 Å². The maximum Gasteiger partial charge on any atom is 0.306 e. The fourth-order valence-corrected chi connectivity index (χ4v) is 12.8. The SMILES string of the molecule is COc1cc2c(cc1Nc1ncnc3sc4c(c13)CC[C@H](C(=O)N1C[C@H]3C[C@@H]1CN3C)C4)C=NC2.COc1cc2c(cc1Nc1ncnc3sc4c(c13)CC[C@H](C(=O)O)C4)C=NC2. The normalized spacial score (nSPS) is 21.5. The number of piperazine rings is 1. The van der Waals surface area contributed by atoms with Gasteiger partial charge in [-0.15, -0.1) is 22.7 Å². The number of methoxy groups -OCH3 is 2. The quantitative estimate of drug-likeness (QED) is 0.143. The minimum Gasteiger partial charge on any atom is -0.495 e. The van der Waals surface area contributed by atoms with E-state index in [1.807, 2.05) is 30.6 Å². The Morgan fingerprint density at radius 2 is 1.27 bits per heavy atom. The van der Waals surface area contributed by atoms with Crippen LogP contribution in [-0.2, 0) is 48.4 Å². The molecule has 0 saturated carbocycles. The number of likely N-dealkylation sites (tertiary alicyclic amines) is 2. The molecular weight excluding hydrogens is 837 g/mol. The highest BCUT2D eigenvalue weighted by Crippen LogP contribution is 2.44. The van der Waals surface area contributed by atoms with Crippen molar-refractivity contribution in [3.05, 3.63) is 80.1 Å². The Labute approximate surface area is 371 Å². The third-order valence-corrected chi connectivity index (χ3v) is 15.9. The Hall–Kier alpha value is -6.04. The van der Waals surface area contributed by atoms with Crippen LogP contribution in [0.25, 0.3) is 20.4 Å². The molecule has 2 aromatic carbocycles. The van der Waals surface area contributed by atoms with Crippen LogP contribution >= 0.6 is 22.7 Å². The van der Waals surface area contributed by atoms with Crippen LogP contribution in [0.2, 0.25) is 0 Å². The summed E-state index contributed by atoms with van der Waals surface area (Å²) in [5.74, 6) is 2.42. The molecule has 4 aromatic heterocycles. The van der Waals surface area contributed by atoms with Crippen LogP contribution < -0.4 is 20.1 Å². The van der Waals surface area contributed by atoms with Crippen molar-refractivity contribution >= 4 is 90.4 Å². The summed E-state index contributed by atoms with van der Waals surface area (Å²) in [6, 6.07) is 9.09. The summed E-state index contributed by atoms with van der Waals surface area (Å²) in [7, 11) is 5.51. The van der Waals surface area contributed by atoms with Gasteiger partial charge in [-0.1, -0.05) is 0 Å². The summed E-state index contributed by atoms with van der Waals surface area (Å²) < 4.78 is 11.2. The smallest absolute Gasteiger partial charge is 0.306 e. The van der Waals surface area contributed by atoms with E-state index in [0.29, 0.717) is 43.9 Å². The average molecular weight is 883 g/mol. The molecule has 0 unspecified atom stereocenters. The second-order valence-corrected chi connectivity index (χ2v) is 19.4. The second-order valence-electron chi connectivity index (χ2n) is 17.2. The summed E-state index contributed by atoms with van der Waals surface area (Å²) in [5, 5.41) is 18.4. The number of aliphatic carboxylic acids is 1. The van der Waals surface area contributed by atoms with Crippen molar-refractivity contribution in [2.45, 2.75) is 70.1 Å². The molecule has 17 heteroatoms. The number of benzene rings is 2. The number of nitrogens with one attached hydrogen (secondary N) is 2. The predicted molar refractivity (Wildman–Crippen MR) is 245 cm³/mol. The molecule has 6 aliphatic rings. The standard InChI is InChI=1S/C26H28N6O2S.C20H18N4O3S/c1-31-11-18-8-17(31)12-32(18)26(33)14-3-4-19-22(7-14)35-25-23(19)24(28-13-29-25)30-20-5-15-9-27-10-16(15)6-21(20)34-2;1-27-15-5-12-8-21-7-11(12)4-14(15)24-18-17-13-3-2-10(20(25)26)6-16(13)28-19(17)23-9-22-18/h5-6,9,13-14,17-18H,3-4,7-8,10-12H2,1-2H3,(H,28,29,30);4-5,7,9-10H,2-3,6,8H2,1H3,(H,25,26)(H,22,23,24)/t14-,17+,18+;10-/m00/s1. The van der Waals surface area contributed by atoms with Gasteiger partial charge in [-0.25, -0.2) is 19.9 Å². The molecule has 2 fully saturated rings. The van der Waals surface area contributed by atoms with Crippen LogP contribution in [0.3, 0.4) is 0 Å². The molecule has 8 heterocycles. The van der Waals surface area contributed by atoms with Gasteiger partial charge in [0, 0.05) is 53.3 Å². The molecule has 63 heavy (non-hydrogen) atoms. The van der Waals surface area contributed by atoms with Gasteiger partial charge in [-0.3, -0.25) is 24.5 Å². The lowest BCUT2D eigenvalue weighted by Crippen LogP contribution is -2.49. The first-order valence-corrected chi connectivity index (χ1v) is 23.1. The van der Waals surface area contributed by atoms with Crippen LogP contribution in [-0.4, -0.2) is 106 Å². The number of thiophene rings is 2. The van der Waals surface area contributed by atoms with E-state index in [0.717, 1.165) is 122 Å². The first kappa shape index (κ1) is 39.8. The Morgan fingerprint density at radius 3 is 1.76 bits per heavy atom. The number of rotatable bonds is 8. The number of carboxylic acid groups (broad SMARTS) is 1. The highest BCUT2D eigenvalue weighted by molar-refractivity contribution is 7.19. The average Bonchev–Trinajstić information content (AvgIpc) is 4.16. The molecule has 3 N–H and O–H groups in total. The number of anilines is 4. The van der Waals surface area contributed by atoms with Crippen LogP contribution in [0, 0.1) is 11.8 Å². The number of aryl methyl sites for hydroxylation is 2. The number of ether oxygens (including phenoxy) is 2. The molecule has 4 atom stereocenters.